The molecule has 0 radical (unpaired) electrons. The lowest BCUT2D eigenvalue weighted by Crippen LogP contribution is -2.13. The van der Waals surface area contributed by atoms with Crippen LogP contribution in [0, 0.1) is 5.82 Å². The van der Waals surface area contributed by atoms with Gasteiger partial charge in [0.1, 0.15) is 11.5 Å². The molecular weight excluding hydrogens is 267 g/mol. The molecule has 6 heteroatoms. The largest absolute Gasteiger partial charge is 0.458 e. The van der Waals surface area contributed by atoms with Crippen molar-refractivity contribution < 1.29 is 13.9 Å². The number of carbonyl (C=O) groups excluding carboxylic acids is 1. The van der Waals surface area contributed by atoms with E-state index in [1.807, 2.05) is 13.8 Å². The third-order valence-electron chi connectivity index (χ3n) is 2.67. The minimum Gasteiger partial charge on any atom is -0.458 e. The van der Waals surface area contributed by atoms with Crippen LogP contribution >= 0.6 is 11.5 Å². The van der Waals surface area contributed by atoms with Crippen molar-refractivity contribution in [2.75, 3.05) is 0 Å². The first kappa shape index (κ1) is 13.6. The lowest BCUT2D eigenvalue weighted by atomic mass is 10.1. The Morgan fingerprint density at radius 2 is 2.11 bits per heavy atom. The van der Waals surface area contributed by atoms with E-state index in [0.717, 1.165) is 18.0 Å². The van der Waals surface area contributed by atoms with Crippen LogP contribution in [0.5, 0.6) is 0 Å². The van der Waals surface area contributed by atoms with E-state index in [1.54, 1.807) is 12.1 Å². The van der Waals surface area contributed by atoms with Crippen LogP contribution in [0.4, 0.5) is 4.39 Å². The molecule has 0 aliphatic carbocycles. The Balaban J connectivity index is 2.27. The lowest BCUT2D eigenvalue weighted by molar-refractivity contribution is 0.0341. The average Bonchev–Trinajstić information content (AvgIpc) is 2.88. The number of halogens is 1. The maximum atomic E-state index is 12.9. The zero-order valence-electron chi connectivity index (χ0n) is 10.6. The molecule has 0 fully saturated rings. The van der Waals surface area contributed by atoms with Crippen molar-refractivity contribution in [3.8, 4) is 11.3 Å². The van der Waals surface area contributed by atoms with Gasteiger partial charge in [-0.25, -0.2) is 9.18 Å². The van der Waals surface area contributed by atoms with Crippen molar-refractivity contribution in [3.63, 3.8) is 0 Å². The van der Waals surface area contributed by atoms with Crippen LogP contribution in [-0.4, -0.2) is 21.7 Å². The number of aromatic nitrogens is 2. The van der Waals surface area contributed by atoms with Gasteiger partial charge in [-0.05, 0) is 49.1 Å². The van der Waals surface area contributed by atoms with Gasteiger partial charge >= 0.3 is 5.97 Å². The van der Waals surface area contributed by atoms with Crippen LogP contribution in [0.15, 0.2) is 24.3 Å². The molecule has 2 rings (SSSR count). The molecule has 0 spiro atoms. The molecule has 1 aromatic heterocycles. The van der Waals surface area contributed by atoms with E-state index in [2.05, 4.69) is 9.59 Å². The Morgan fingerprint density at radius 3 is 2.74 bits per heavy atom. The number of esters is 1. The Kier molecular flexibility index (Phi) is 4.21. The minimum absolute atomic E-state index is 0.157. The van der Waals surface area contributed by atoms with Gasteiger partial charge in [-0.3, -0.25) is 0 Å². The van der Waals surface area contributed by atoms with Gasteiger partial charge < -0.3 is 4.74 Å². The van der Waals surface area contributed by atoms with E-state index in [0.29, 0.717) is 16.1 Å². The summed E-state index contributed by atoms with van der Waals surface area (Å²) in [5.74, 6) is -0.778. The quantitative estimate of drug-likeness (QED) is 0.806. The Morgan fingerprint density at radius 1 is 1.42 bits per heavy atom. The third-order valence-corrected chi connectivity index (χ3v) is 3.38. The van der Waals surface area contributed by atoms with Crippen LogP contribution in [0.1, 0.15) is 29.9 Å². The summed E-state index contributed by atoms with van der Waals surface area (Å²) in [4.78, 5) is 12.3. The second kappa shape index (κ2) is 5.88. The van der Waals surface area contributed by atoms with E-state index in [1.165, 1.54) is 12.1 Å². The highest BCUT2D eigenvalue weighted by Gasteiger charge is 2.20. The highest BCUT2D eigenvalue weighted by molar-refractivity contribution is 7.08. The van der Waals surface area contributed by atoms with E-state index < -0.39 is 5.97 Å². The summed E-state index contributed by atoms with van der Waals surface area (Å²) in [5.41, 5.74) is 1.07. The Bertz CT molecular complexity index is 568. The van der Waals surface area contributed by atoms with Crippen molar-refractivity contribution in [2.24, 2.45) is 0 Å². The molecule has 2 aromatic rings. The second-order valence-corrected chi connectivity index (χ2v) is 4.84. The van der Waals surface area contributed by atoms with Gasteiger partial charge in [0.05, 0.1) is 6.10 Å². The molecule has 0 saturated heterocycles. The molecule has 0 saturated carbocycles. The Labute approximate surface area is 114 Å². The van der Waals surface area contributed by atoms with Crippen molar-refractivity contribution in [1.29, 1.82) is 0 Å². The predicted octanol–water partition coefficient (Wildman–Crippen LogP) is 3.30. The first-order chi connectivity index (χ1) is 9.11. The molecule has 1 aromatic carbocycles. The highest BCUT2D eigenvalue weighted by Crippen LogP contribution is 2.25. The number of ether oxygens (including phenoxy) is 1. The summed E-state index contributed by atoms with van der Waals surface area (Å²) in [6.07, 6.45) is 0.583. The van der Waals surface area contributed by atoms with E-state index in [9.17, 15) is 9.18 Å². The van der Waals surface area contributed by atoms with Gasteiger partial charge in [0.15, 0.2) is 4.88 Å². The second-order valence-electron chi connectivity index (χ2n) is 4.08. The minimum atomic E-state index is -0.441. The summed E-state index contributed by atoms with van der Waals surface area (Å²) in [5, 5.41) is 3.92. The SMILES string of the molecule is CCC(C)OC(=O)c1snnc1-c1ccc(F)cc1. The maximum absolute atomic E-state index is 12.9. The standard InChI is InChI=1S/C13H13FN2O2S/c1-3-8(2)18-13(17)12-11(15-16-19-12)9-4-6-10(14)7-5-9/h4-8H,3H2,1-2H3. The predicted molar refractivity (Wildman–Crippen MR) is 70.5 cm³/mol. The molecule has 0 bridgehead atoms. The van der Waals surface area contributed by atoms with Crippen LogP contribution in [-0.2, 0) is 4.74 Å². The van der Waals surface area contributed by atoms with Gasteiger partial charge in [0, 0.05) is 5.56 Å². The number of benzene rings is 1. The van der Waals surface area contributed by atoms with Gasteiger partial charge in [0.2, 0.25) is 0 Å². The first-order valence-electron chi connectivity index (χ1n) is 5.91. The summed E-state index contributed by atoms with van der Waals surface area (Å²) >= 11 is 0.980. The molecule has 0 N–H and O–H groups in total. The summed E-state index contributed by atoms with van der Waals surface area (Å²) in [6, 6.07) is 5.76. The van der Waals surface area contributed by atoms with Crippen molar-refractivity contribution in [3.05, 3.63) is 35.0 Å². The smallest absolute Gasteiger partial charge is 0.352 e. The first-order valence-corrected chi connectivity index (χ1v) is 6.68. The van der Waals surface area contributed by atoms with Crippen molar-refractivity contribution >= 4 is 17.5 Å². The molecule has 19 heavy (non-hydrogen) atoms. The molecule has 1 unspecified atom stereocenters. The van der Waals surface area contributed by atoms with Crippen LogP contribution in [0.25, 0.3) is 11.3 Å². The van der Waals surface area contributed by atoms with Crippen LogP contribution < -0.4 is 0 Å². The number of nitrogens with zero attached hydrogens (tertiary/aromatic N) is 2. The number of carbonyl (C=O) groups is 1. The van der Waals surface area contributed by atoms with Crippen LogP contribution in [0.3, 0.4) is 0 Å². The number of hydrogen-bond donors (Lipinski definition) is 0. The summed E-state index contributed by atoms with van der Waals surface area (Å²) < 4.78 is 21.9. The molecule has 0 amide bonds. The van der Waals surface area contributed by atoms with Gasteiger partial charge in [-0.2, -0.15) is 0 Å². The fraction of sp³-hybridized carbons (Fsp3) is 0.308. The summed E-state index contributed by atoms with van der Waals surface area (Å²) in [6.45, 7) is 3.76. The number of rotatable bonds is 4. The molecule has 0 aliphatic heterocycles. The van der Waals surface area contributed by atoms with Crippen molar-refractivity contribution in [2.45, 2.75) is 26.4 Å². The van der Waals surface area contributed by atoms with Crippen LogP contribution in [0.2, 0.25) is 0 Å². The van der Waals surface area contributed by atoms with Crippen molar-refractivity contribution in [1.82, 2.24) is 9.59 Å². The third kappa shape index (κ3) is 3.14. The Hall–Kier alpha value is -1.82. The fourth-order valence-corrected chi connectivity index (χ4v) is 2.01. The lowest BCUT2D eigenvalue weighted by Gasteiger charge is -2.09. The zero-order chi connectivity index (χ0) is 13.8. The zero-order valence-corrected chi connectivity index (χ0v) is 11.4. The molecule has 1 atom stereocenters. The highest BCUT2D eigenvalue weighted by atomic mass is 32.1. The van der Waals surface area contributed by atoms with Gasteiger partial charge in [-0.1, -0.05) is 11.4 Å². The van der Waals surface area contributed by atoms with Gasteiger partial charge in [0.25, 0.3) is 0 Å². The maximum Gasteiger partial charge on any atom is 0.352 e. The molecule has 0 aliphatic rings. The van der Waals surface area contributed by atoms with E-state index >= 15 is 0 Å². The van der Waals surface area contributed by atoms with Gasteiger partial charge in [-0.15, -0.1) is 5.10 Å². The molecule has 100 valence electrons. The molecule has 1 heterocycles. The molecular formula is C13H13FN2O2S. The topological polar surface area (TPSA) is 52.1 Å². The summed E-state index contributed by atoms with van der Waals surface area (Å²) in [7, 11) is 0. The normalized spacial score (nSPS) is 12.2. The average molecular weight is 280 g/mol. The van der Waals surface area contributed by atoms with E-state index in [-0.39, 0.29) is 11.9 Å². The monoisotopic (exact) mass is 280 g/mol. The van der Waals surface area contributed by atoms with E-state index in [4.69, 9.17) is 4.74 Å². The fourth-order valence-electron chi connectivity index (χ4n) is 1.44. The number of hydrogen-bond acceptors (Lipinski definition) is 5. The molecule has 4 nitrogen and oxygen atoms in total.